The van der Waals surface area contributed by atoms with Crippen LogP contribution in [0.1, 0.15) is 24.5 Å². The van der Waals surface area contributed by atoms with Gasteiger partial charge in [-0.3, -0.25) is 4.28 Å². The Hall–Kier alpha value is -2.39. The van der Waals surface area contributed by atoms with Crippen LogP contribution in [0.15, 0.2) is 68.6 Å². The zero-order chi connectivity index (χ0) is 27.7. The molecule has 0 N–H and O–H groups in total. The first-order chi connectivity index (χ1) is 17.3. The Morgan fingerprint density at radius 3 is 1.54 bits per heavy atom. The summed E-state index contributed by atoms with van der Waals surface area (Å²) in [5.41, 5.74) is -3.10. The summed E-state index contributed by atoms with van der Waals surface area (Å²) < 4.78 is 106. The monoisotopic (exact) mass is 588 g/mol. The van der Waals surface area contributed by atoms with Gasteiger partial charge in [-0.25, -0.2) is 0 Å². The number of oxime groups is 2. The van der Waals surface area contributed by atoms with Gasteiger partial charge < -0.3 is 4.84 Å². The molecule has 2 aromatic rings. The second kappa shape index (κ2) is 13.4. The lowest BCUT2D eigenvalue weighted by Crippen LogP contribution is -2.25. The van der Waals surface area contributed by atoms with Crippen LogP contribution < -0.4 is 0 Å². The molecule has 0 atom stereocenters. The van der Waals surface area contributed by atoms with Crippen molar-refractivity contribution in [2.75, 3.05) is 24.4 Å². The van der Waals surface area contributed by atoms with Crippen LogP contribution in [0.4, 0.5) is 26.3 Å². The maximum absolute atomic E-state index is 13.4. The van der Waals surface area contributed by atoms with Gasteiger partial charge in [0, 0.05) is 32.4 Å². The summed E-state index contributed by atoms with van der Waals surface area (Å²) in [6.45, 7) is 1.53. The summed E-state index contributed by atoms with van der Waals surface area (Å²) in [7, 11) is -3.18. The molecule has 0 amide bonds. The number of hydrogen-bond donors (Lipinski definition) is 0. The molecule has 0 saturated heterocycles. The lowest BCUT2D eigenvalue weighted by molar-refractivity contribution is -0.0613. The topological polar surface area (TPSA) is 77.3 Å². The van der Waals surface area contributed by atoms with Gasteiger partial charge in [-0.05, 0) is 30.7 Å². The first kappa shape index (κ1) is 30.8. The van der Waals surface area contributed by atoms with Crippen LogP contribution in [0.25, 0.3) is 0 Å². The zero-order valence-electron chi connectivity index (χ0n) is 19.5. The van der Waals surface area contributed by atoms with E-state index in [0.29, 0.717) is 16.4 Å². The van der Waals surface area contributed by atoms with E-state index in [-0.39, 0.29) is 17.5 Å². The van der Waals surface area contributed by atoms with Gasteiger partial charge in [-0.2, -0.15) is 34.8 Å². The summed E-state index contributed by atoms with van der Waals surface area (Å²) in [6.07, 6.45) is -9.43. The van der Waals surface area contributed by atoms with Crippen molar-refractivity contribution in [1.82, 2.24) is 0 Å². The van der Waals surface area contributed by atoms with Crippen LogP contribution in [-0.4, -0.2) is 56.6 Å². The molecule has 0 heterocycles. The fourth-order valence-electron chi connectivity index (χ4n) is 2.75. The molecule has 15 heteroatoms. The summed E-state index contributed by atoms with van der Waals surface area (Å²) in [4.78, 5) is 5.66. The minimum absolute atomic E-state index is 0.136. The predicted octanol–water partition coefficient (Wildman–Crippen LogP) is 6.51. The molecule has 0 radical (unpaired) electrons. The summed E-state index contributed by atoms with van der Waals surface area (Å²) in [5, 5.41) is 5.89. The average molecular weight is 589 g/mol. The highest BCUT2D eigenvalue weighted by atomic mass is 32.2. The average Bonchev–Trinajstić information content (AvgIpc) is 2.80. The normalized spacial score (nSPS) is 13.5. The molecule has 0 aliphatic rings. The van der Waals surface area contributed by atoms with E-state index in [9.17, 15) is 34.8 Å². The van der Waals surface area contributed by atoms with E-state index in [1.54, 1.807) is 0 Å². The molecule has 37 heavy (non-hydrogen) atoms. The van der Waals surface area contributed by atoms with Crippen LogP contribution in [0.2, 0.25) is 0 Å². The molecule has 0 bridgehead atoms. The SMILES string of the molecule is CCCS(=O)(=O)O/N=C(\c1ccc(SCCSc2ccc(/C(=N\OC)C(F)(F)F)cc2)cc1)C(F)(F)F. The number of benzene rings is 2. The Balaban J connectivity index is 1.96. The number of halogens is 6. The molecule has 0 unspecified atom stereocenters. The second-order valence-electron chi connectivity index (χ2n) is 7.14. The zero-order valence-corrected chi connectivity index (χ0v) is 21.9. The molecule has 0 aromatic heterocycles. The van der Waals surface area contributed by atoms with Gasteiger partial charge in [0.1, 0.15) is 7.11 Å². The van der Waals surface area contributed by atoms with Gasteiger partial charge in [0.2, 0.25) is 0 Å². The third kappa shape index (κ3) is 10.1. The van der Waals surface area contributed by atoms with Crippen molar-refractivity contribution in [3.05, 3.63) is 59.7 Å². The van der Waals surface area contributed by atoms with Crippen LogP contribution >= 0.6 is 23.5 Å². The van der Waals surface area contributed by atoms with E-state index in [4.69, 9.17) is 0 Å². The number of hydrogen-bond acceptors (Lipinski definition) is 8. The predicted molar refractivity (Wildman–Crippen MR) is 132 cm³/mol. The first-order valence-corrected chi connectivity index (χ1v) is 14.0. The van der Waals surface area contributed by atoms with Crippen molar-refractivity contribution in [3.8, 4) is 0 Å². The highest BCUT2D eigenvalue weighted by molar-refractivity contribution is 8.03. The number of rotatable bonds is 12. The van der Waals surface area contributed by atoms with Crippen LogP contribution in [0.3, 0.4) is 0 Å². The maximum atomic E-state index is 13.4. The maximum Gasteiger partial charge on any atom is 0.437 e. The number of alkyl halides is 6. The highest BCUT2D eigenvalue weighted by Gasteiger charge is 2.39. The lowest BCUT2D eigenvalue weighted by atomic mass is 10.1. The van der Waals surface area contributed by atoms with Crippen LogP contribution in [-0.2, 0) is 19.2 Å². The van der Waals surface area contributed by atoms with Gasteiger partial charge >= 0.3 is 22.5 Å². The molecule has 0 spiro atoms. The van der Waals surface area contributed by atoms with E-state index in [1.165, 1.54) is 66.8 Å². The fourth-order valence-corrected chi connectivity index (χ4v) is 5.30. The molecule has 0 aliphatic carbocycles. The van der Waals surface area contributed by atoms with Crippen molar-refractivity contribution in [2.24, 2.45) is 10.3 Å². The van der Waals surface area contributed by atoms with Gasteiger partial charge in [0.15, 0.2) is 11.4 Å². The Morgan fingerprint density at radius 2 is 1.19 bits per heavy atom. The number of nitrogens with zero attached hydrogens (tertiary/aromatic N) is 2. The molecule has 204 valence electrons. The van der Waals surface area contributed by atoms with E-state index in [2.05, 4.69) is 19.4 Å². The largest absolute Gasteiger partial charge is 0.437 e. The van der Waals surface area contributed by atoms with Crippen LogP contribution in [0.5, 0.6) is 0 Å². The number of thioether (sulfide) groups is 2. The third-order valence-corrected chi connectivity index (χ3v) is 7.79. The second-order valence-corrected chi connectivity index (χ2v) is 11.1. The summed E-state index contributed by atoms with van der Waals surface area (Å²) in [5.74, 6) is 0.668. The fraction of sp³-hybridized carbons (Fsp3) is 0.364. The van der Waals surface area contributed by atoms with Crippen molar-refractivity contribution in [3.63, 3.8) is 0 Å². The Labute approximate surface area is 218 Å². The van der Waals surface area contributed by atoms with Crippen molar-refractivity contribution < 1.29 is 43.9 Å². The van der Waals surface area contributed by atoms with Crippen LogP contribution in [0, 0.1) is 0 Å². The third-order valence-electron chi connectivity index (χ3n) is 4.29. The molecular formula is C22H22F6N2O4S3. The summed E-state index contributed by atoms with van der Waals surface area (Å²) in [6, 6.07) is 10.8. The van der Waals surface area contributed by atoms with E-state index in [0.717, 1.165) is 24.1 Å². The minimum Gasteiger partial charge on any atom is -0.399 e. The van der Waals surface area contributed by atoms with Gasteiger partial charge in [0.25, 0.3) is 0 Å². The molecule has 0 saturated carbocycles. The van der Waals surface area contributed by atoms with Gasteiger partial charge in [-0.15, -0.1) is 23.5 Å². The van der Waals surface area contributed by atoms with E-state index in [1.807, 2.05) is 0 Å². The van der Waals surface area contributed by atoms with Gasteiger partial charge in [-0.1, -0.05) is 41.5 Å². The standard InChI is InChI=1S/C22H22F6N2O4S3/c1-3-14-37(31,32)34-30-20(22(26,27)28)16-6-10-18(11-7-16)36-13-12-35-17-8-4-15(5-9-17)19(29-33-2)21(23,24)25/h4-11H,3,12-14H2,1-2H3/b29-19+,30-20+. The molecule has 6 nitrogen and oxygen atoms in total. The Kier molecular flexibility index (Phi) is 11.2. The first-order valence-electron chi connectivity index (χ1n) is 10.5. The van der Waals surface area contributed by atoms with Crippen molar-refractivity contribution in [2.45, 2.75) is 35.5 Å². The lowest BCUT2D eigenvalue weighted by Gasteiger charge is -2.11. The molecule has 0 aliphatic heterocycles. The highest BCUT2D eigenvalue weighted by Crippen LogP contribution is 2.28. The molecule has 2 aromatic carbocycles. The molecule has 2 rings (SSSR count). The van der Waals surface area contributed by atoms with Gasteiger partial charge in [0.05, 0.1) is 5.75 Å². The van der Waals surface area contributed by atoms with E-state index >= 15 is 0 Å². The quantitative estimate of drug-likeness (QED) is 0.0926. The van der Waals surface area contributed by atoms with E-state index < -0.39 is 39.6 Å². The smallest absolute Gasteiger partial charge is 0.399 e. The Bertz CT molecular complexity index is 1180. The summed E-state index contributed by atoms with van der Waals surface area (Å²) >= 11 is 2.75. The molecular weight excluding hydrogens is 566 g/mol. The van der Waals surface area contributed by atoms with Crippen molar-refractivity contribution >= 4 is 45.1 Å². The van der Waals surface area contributed by atoms with Crippen molar-refractivity contribution in [1.29, 1.82) is 0 Å². The minimum atomic E-state index is -4.93. The Morgan fingerprint density at radius 1 is 0.784 bits per heavy atom. The molecule has 0 fully saturated rings.